The second-order valence-corrected chi connectivity index (χ2v) is 6.33. The average Bonchev–Trinajstić information content (AvgIpc) is 2.84. The zero-order chi connectivity index (χ0) is 14.9. The van der Waals surface area contributed by atoms with E-state index in [0.717, 1.165) is 17.3 Å². The Balaban J connectivity index is 2.50. The molecule has 0 atom stereocenters. The van der Waals surface area contributed by atoms with Gasteiger partial charge >= 0.3 is 0 Å². The van der Waals surface area contributed by atoms with Gasteiger partial charge in [-0.1, -0.05) is 34.6 Å². The number of hydrogen-bond acceptors (Lipinski definition) is 3. The fourth-order valence-corrected chi connectivity index (χ4v) is 1.98. The fraction of sp³-hybridized carbons (Fsp3) is 0.500. The molecule has 0 saturated carbocycles. The molecule has 4 nitrogen and oxygen atoms in total. The van der Waals surface area contributed by atoms with E-state index in [2.05, 4.69) is 45.7 Å². The summed E-state index contributed by atoms with van der Waals surface area (Å²) in [5.74, 6) is 1.97. The number of rotatable bonds is 3. The van der Waals surface area contributed by atoms with Crippen LogP contribution in [0.25, 0.3) is 5.82 Å². The topological polar surface area (TPSA) is 39.9 Å². The molecule has 4 heteroatoms. The summed E-state index contributed by atoms with van der Waals surface area (Å²) in [6, 6.07) is 6.02. The summed E-state index contributed by atoms with van der Waals surface area (Å²) < 4.78 is 7.09. The number of aromatic nitrogens is 3. The first-order valence-corrected chi connectivity index (χ1v) is 6.94. The van der Waals surface area contributed by atoms with Crippen LogP contribution in [0.5, 0.6) is 5.75 Å². The van der Waals surface area contributed by atoms with E-state index < -0.39 is 0 Å². The highest BCUT2D eigenvalue weighted by atomic mass is 16.5. The third kappa shape index (κ3) is 2.84. The van der Waals surface area contributed by atoms with E-state index >= 15 is 0 Å². The van der Waals surface area contributed by atoms with Crippen LogP contribution in [0, 0.1) is 0 Å². The molecule has 0 aromatic carbocycles. The summed E-state index contributed by atoms with van der Waals surface area (Å²) in [7, 11) is 1.64. The van der Waals surface area contributed by atoms with E-state index in [1.165, 1.54) is 5.69 Å². The third-order valence-electron chi connectivity index (χ3n) is 3.27. The monoisotopic (exact) mass is 273 g/mol. The Labute approximate surface area is 120 Å². The molecule has 0 fully saturated rings. The summed E-state index contributed by atoms with van der Waals surface area (Å²) >= 11 is 0. The molecule has 0 aliphatic carbocycles. The Morgan fingerprint density at radius 3 is 2.35 bits per heavy atom. The number of nitrogens with zero attached hydrogens (tertiary/aromatic N) is 3. The second kappa shape index (κ2) is 5.27. The van der Waals surface area contributed by atoms with Gasteiger partial charge in [-0.05, 0) is 24.1 Å². The van der Waals surface area contributed by atoms with Crippen molar-refractivity contribution in [3.8, 4) is 11.6 Å². The largest absolute Gasteiger partial charge is 0.495 e. The number of pyridine rings is 1. The van der Waals surface area contributed by atoms with Gasteiger partial charge in [-0.25, -0.2) is 9.67 Å². The molecule has 0 spiro atoms. The number of methoxy groups -OCH3 is 1. The lowest BCUT2D eigenvalue weighted by atomic mass is 9.92. The van der Waals surface area contributed by atoms with Gasteiger partial charge in [-0.2, -0.15) is 5.10 Å². The van der Waals surface area contributed by atoms with Crippen molar-refractivity contribution >= 4 is 0 Å². The summed E-state index contributed by atoms with van der Waals surface area (Å²) in [6.07, 6.45) is 1.72. The maximum Gasteiger partial charge on any atom is 0.153 e. The molecule has 2 aromatic heterocycles. The quantitative estimate of drug-likeness (QED) is 0.856. The minimum Gasteiger partial charge on any atom is -0.495 e. The van der Waals surface area contributed by atoms with Crippen molar-refractivity contribution in [1.29, 1.82) is 0 Å². The van der Waals surface area contributed by atoms with Crippen LogP contribution in [0.4, 0.5) is 0 Å². The van der Waals surface area contributed by atoms with Crippen LogP contribution >= 0.6 is 0 Å². The van der Waals surface area contributed by atoms with Crippen LogP contribution in [0.15, 0.2) is 24.4 Å². The van der Waals surface area contributed by atoms with Crippen LogP contribution in [0.1, 0.15) is 51.9 Å². The van der Waals surface area contributed by atoms with E-state index in [4.69, 9.17) is 9.84 Å². The zero-order valence-corrected chi connectivity index (χ0v) is 13.1. The molecule has 2 heterocycles. The number of hydrogen-bond donors (Lipinski definition) is 0. The van der Waals surface area contributed by atoms with Crippen molar-refractivity contribution in [2.24, 2.45) is 0 Å². The average molecular weight is 273 g/mol. The Kier molecular flexibility index (Phi) is 3.84. The highest BCUT2D eigenvalue weighted by Crippen LogP contribution is 2.27. The van der Waals surface area contributed by atoms with E-state index in [9.17, 15) is 0 Å². The van der Waals surface area contributed by atoms with Crippen LogP contribution in [-0.2, 0) is 5.41 Å². The van der Waals surface area contributed by atoms with Gasteiger partial charge in [0.1, 0.15) is 5.75 Å². The van der Waals surface area contributed by atoms with Crippen molar-refractivity contribution in [3.05, 3.63) is 35.8 Å². The minimum absolute atomic E-state index is 0.0291. The van der Waals surface area contributed by atoms with Crippen LogP contribution in [0.2, 0.25) is 0 Å². The van der Waals surface area contributed by atoms with Gasteiger partial charge in [0.25, 0.3) is 0 Å². The first-order chi connectivity index (χ1) is 9.32. The standard InChI is InChI=1S/C16H23N3O/c1-11(2)13-9-14(16(3,4)5)18-19(13)15-8-7-12(20-6)10-17-15/h7-11H,1-6H3. The normalized spacial score (nSPS) is 11.9. The Morgan fingerprint density at radius 2 is 1.90 bits per heavy atom. The van der Waals surface area contributed by atoms with Gasteiger partial charge in [0.05, 0.1) is 19.0 Å². The van der Waals surface area contributed by atoms with Crippen molar-refractivity contribution in [2.75, 3.05) is 7.11 Å². The summed E-state index contributed by atoms with van der Waals surface area (Å²) in [4.78, 5) is 4.43. The van der Waals surface area contributed by atoms with Gasteiger partial charge in [0, 0.05) is 11.1 Å². The van der Waals surface area contributed by atoms with Crippen LogP contribution < -0.4 is 4.74 Å². The van der Waals surface area contributed by atoms with E-state index in [1.807, 2.05) is 16.8 Å². The van der Waals surface area contributed by atoms with Crippen molar-refractivity contribution in [1.82, 2.24) is 14.8 Å². The number of ether oxygens (including phenoxy) is 1. The highest BCUT2D eigenvalue weighted by molar-refractivity contribution is 5.32. The molecule has 2 aromatic rings. The van der Waals surface area contributed by atoms with E-state index in [0.29, 0.717) is 5.92 Å². The smallest absolute Gasteiger partial charge is 0.153 e. The predicted octanol–water partition coefficient (Wildman–Crippen LogP) is 3.70. The SMILES string of the molecule is COc1ccc(-n2nc(C(C)(C)C)cc2C(C)C)nc1. The molecule has 20 heavy (non-hydrogen) atoms. The zero-order valence-electron chi connectivity index (χ0n) is 13.1. The fourth-order valence-electron chi connectivity index (χ4n) is 1.98. The lowest BCUT2D eigenvalue weighted by Crippen LogP contribution is -2.13. The van der Waals surface area contributed by atoms with Gasteiger partial charge in [0.15, 0.2) is 5.82 Å². The molecule has 0 saturated heterocycles. The maximum absolute atomic E-state index is 5.15. The summed E-state index contributed by atoms with van der Waals surface area (Å²) in [5, 5.41) is 4.74. The van der Waals surface area contributed by atoms with Crippen molar-refractivity contribution in [2.45, 2.75) is 46.0 Å². The molecule has 0 aliphatic rings. The predicted molar refractivity (Wildman–Crippen MR) is 80.7 cm³/mol. The molecular formula is C16H23N3O. The minimum atomic E-state index is 0.0291. The molecule has 0 bridgehead atoms. The third-order valence-corrected chi connectivity index (χ3v) is 3.27. The van der Waals surface area contributed by atoms with Gasteiger partial charge in [0.2, 0.25) is 0 Å². The van der Waals surface area contributed by atoms with E-state index in [1.54, 1.807) is 13.3 Å². The lowest BCUT2D eigenvalue weighted by molar-refractivity contribution is 0.412. The van der Waals surface area contributed by atoms with Gasteiger partial charge in [-0.15, -0.1) is 0 Å². The molecule has 0 amide bonds. The lowest BCUT2D eigenvalue weighted by Gasteiger charge is -2.14. The van der Waals surface area contributed by atoms with Gasteiger partial charge in [-0.3, -0.25) is 0 Å². The Morgan fingerprint density at radius 1 is 1.20 bits per heavy atom. The Bertz CT molecular complexity index is 577. The first kappa shape index (κ1) is 14.6. The van der Waals surface area contributed by atoms with Crippen molar-refractivity contribution < 1.29 is 4.74 Å². The molecule has 0 radical (unpaired) electrons. The molecule has 0 unspecified atom stereocenters. The molecule has 108 valence electrons. The van der Waals surface area contributed by atoms with Crippen molar-refractivity contribution in [3.63, 3.8) is 0 Å². The molecular weight excluding hydrogens is 250 g/mol. The van der Waals surface area contributed by atoms with Gasteiger partial charge < -0.3 is 4.74 Å². The maximum atomic E-state index is 5.15. The van der Waals surface area contributed by atoms with Crippen LogP contribution in [-0.4, -0.2) is 21.9 Å². The molecule has 0 aliphatic heterocycles. The summed E-state index contributed by atoms with van der Waals surface area (Å²) in [5.41, 5.74) is 2.29. The summed E-state index contributed by atoms with van der Waals surface area (Å²) in [6.45, 7) is 10.9. The molecule has 0 N–H and O–H groups in total. The van der Waals surface area contributed by atoms with Crippen LogP contribution in [0.3, 0.4) is 0 Å². The Hall–Kier alpha value is -1.84. The molecule has 2 rings (SSSR count). The highest BCUT2D eigenvalue weighted by Gasteiger charge is 2.21. The second-order valence-electron chi connectivity index (χ2n) is 6.33. The van der Waals surface area contributed by atoms with E-state index in [-0.39, 0.29) is 5.41 Å². The first-order valence-electron chi connectivity index (χ1n) is 6.94.